The third kappa shape index (κ3) is 3.87. The lowest BCUT2D eigenvalue weighted by molar-refractivity contribution is -0.237. The van der Waals surface area contributed by atoms with Gasteiger partial charge in [0.1, 0.15) is 6.10 Å². The van der Waals surface area contributed by atoms with E-state index in [4.69, 9.17) is 18.9 Å². The molecule has 0 aliphatic carbocycles. The first-order chi connectivity index (χ1) is 12.3. The second-order valence-electron chi connectivity index (χ2n) is 6.80. The van der Waals surface area contributed by atoms with Gasteiger partial charge in [-0.1, -0.05) is 30.3 Å². The van der Waals surface area contributed by atoms with Crippen molar-refractivity contribution in [1.82, 2.24) is 5.06 Å². The summed E-state index contributed by atoms with van der Waals surface area (Å²) < 4.78 is 22.6. The maximum Gasteiger partial charge on any atom is 0.303 e. The molecule has 1 aromatic carbocycles. The number of hydroxylamine groups is 2. The van der Waals surface area contributed by atoms with E-state index < -0.39 is 42.4 Å². The van der Waals surface area contributed by atoms with Crippen molar-refractivity contribution in [3.05, 3.63) is 35.9 Å². The van der Waals surface area contributed by atoms with Crippen LogP contribution in [0.25, 0.3) is 0 Å². The second kappa shape index (κ2) is 7.31. The summed E-state index contributed by atoms with van der Waals surface area (Å²) in [5, 5.41) is 20.9. The fraction of sp³-hybridized carbons (Fsp3) is 0.556. The highest BCUT2D eigenvalue weighted by molar-refractivity contribution is 5.66. The van der Waals surface area contributed by atoms with E-state index in [-0.39, 0.29) is 6.54 Å². The van der Waals surface area contributed by atoms with Gasteiger partial charge in [0, 0.05) is 6.92 Å². The normalized spacial score (nSPS) is 30.6. The zero-order chi connectivity index (χ0) is 18.9. The Morgan fingerprint density at radius 2 is 2.08 bits per heavy atom. The van der Waals surface area contributed by atoms with Crippen molar-refractivity contribution in [2.75, 3.05) is 0 Å². The maximum atomic E-state index is 11.5. The predicted octanol–water partition coefficient (Wildman–Crippen LogP) is 1.58. The largest absolute Gasteiger partial charge is 0.457 e. The van der Waals surface area contributed by atoms with Crippen LogP contribution in [0.4, 0.5) is 0 Å². The van der Waals surface area contributed by atoms with Crippen molar-refractivity contribution in [3.63, 3.8) is 0 Å². The number of hydrogen-bond donors (Lipinski definition) is 1. The number of hydrogen-bond acceptors (Lipinski definition) is 8. The third-order valence-electron chi connectivity index (χ3n) is 4.28. The maximum absolute atomic E-state index is 11.5. The first-order valence-corrected chi connectivity index (χ1v) is 8.38. The Morgan fingerprint density at radius 3 is 2.69 bits per heavy atom. The Balaban J connectivity index is 1.78. The number of carbonyl (C=O) groups is 1. The molecule has 2 fully saturated rings. The van der Waals surface area contributed by atoms with Gasteiger partial charge in [-0.3, -0.25) is 4.79 Å². The third-order valence-corrected chi connectivity index (χ3v) is 4.28. The van der Waals surface area contributed by atoms with Crippen molar-refractivity contribution < 1.29 is 28.9 Å². The Bertz CT molecular complexity index is 689. The summed E-state index contributed by atoms with van der Waals surface area (Å²) in [6, 6.07) is 10.2. The topological polar surface area (TPSA) is 101 Å². The molecule has 0 amide bonds. The Labute approximate surface area is 151 Å². The van der Waals surface area contributed by atoms with Crippen LogP contribution >= 0.6 is 0 Å². The SMILES string of the molecule is CC(=O)O[C@@H]1[C@H]2OC(C)(C)O[C@H]2O[C@@H]1[C@@H](C#N)N(O)Cc1ccccc1. The van der Waals surface area contributed by atoms with Crippen LogP contribution < -0.4 is 0 Å². The van der Waals surface area contributed by atoms with Crippen molar-refractivity contribution in [3.8, 4) is 6.07 Å². The van der Waals surface area contributed by atoms with E-state index in [1.807, 2.05) is 36.4 Å². The van der Waals surface area contributed by atoms with Gasteiger partial charge in [0.25, 0.3) is 0 Å². The lowest BCUT2D eigenvalue weighted by Gasteiger charge is -2.30. The molecule has 2 saturated heterocycles. The van der Waals surface area contributed by atoms with E-state index in [0.29, 0.717) is 0 Å². The minimum Gasteiger partial charge on any atom is -0.457 e. The molecule has 2 aliphatic rings. The number of ether oxygens (including phenoxy) is 4. The van der Waals surface area contributed by atoms with Gasteiger partial charge in [0.05, 0.1) is 12.6 Å². The molecule has 140 valence electrons. The monoisotopic (exact) mass is 362 g/mol. The lowest BCUT2D eigenvalue weighted by Crippen LogP contribution is -2.49. The van der Waals surface area contributed by atoms with Crippen LogP contribution in [0.15, 0.2) is 30.3 Å². The zero-order valence-corrected chi connectivity index (χ0v) is 14.9. The summed E-state index contributed by atoms with van der Waals surface area (Å²) in [7, 11) is 0. The molecule has 0 saturated carbocycles. The average molecular weight is 362 g/mol. The number of carbonyl (C=O) groups excluding carboxylic acids is 1. The van der Waals surface area contributed by atoms with Crippen LogP contribution in [-0.4, -0.2) is 52.7 Å². The van der Waals surface area contributed by atoms with Gasteiger partial charge < -0.3 is 24.2 Å². The van der Waals surface area contributed by atoms with Crippen LogP contribution in [0.1, 0.15) is 26.3 Å². The molecule has 0 bridgehead atoms. The van der Waals surface area contributed by atoms with E-state index in [9.17, 15) is 15.3 Å². The summed E-state index contributed by atoms with van der Waals surface area (Å²) in [4.78, 5) is 11.5. The van der Waals surface area contributed by atoms with Crippen LogP contribution in [0.2, 0.25) is 0 Å². The number of esters is 1. The van der Waals surface area contributed by atoms with Gasteiger partial charge in [0.15, 0.2) is 30.3 Å². The van der Waals surface area contributed by atoms with Crippen LogP contribution in [0.3, 0.4) is 0 Å². The van der Waals surface area contributed by atoms with Gasteiger partial charge in [-0.15, -0.1) is 0 Å². The van der Waals surface area contributed by atoms with Crippen LogP contribution in [-0.2, 0) is 30.3 Å². The highest BCUT2D eigenvalue weighted by Crippen LogP contribution is 2.40. The molecule has 0 radical (unpaired) electrons. The van der Waals surface area contributed by atoms with Crippen molar-refractivity contribution in [2.24, 2.45) is 0 Å². The average Bonchev–Trinajstić information content (AvgIpc) is 3.02. The van der Waals surface area contributed by atoms with Gasteiger partial charge in [-0.05, 0) is 19.4 Å². The molecule has 0 aromatic heterocycles. The number of fused-ring (bicyclic) bond motifs is 1. The molecule has 2 aliphatic heterocycles. The van der Waals surface area contributed by atoms with Crippen LogP contribution in [0.5, 0.6) is 0 Å². The van der Waals surface area contributed by atoms with Gasteiger partial charge in [-0.2, -0.15) is 10.3 Å². The fourth-order valence-electron chi connectivity index (χ4n) is 3.26. The van der Waals surface area contributed by atoms with Crippen molar-refractivity contribution >= 4 is 5.97 Å². The molecule has 8 heteroatoms. The van der Waals surface area contributed by atoms with E-state index in [2.05, 4.69) is 0 Å². The molecule has 1 aromatic rings. The Morgan fingerprint density at radius 1 is 1.38 bits per heavy atom. The summed E-state index contributed by atoms with van der Waals surface area (Å²) in [6.45, 7) is 4.84. The zero-order valence-electron chi connectivity index (χ0n) is 14.9. The number of nitriles is 1. The number of benzene rings is 1. The number of rotatable bonds is 5. The summed E-state index contributed by atoms with van der Waals surface area (Å²) >= 11 is 0. The Kier molecular flexibility index (Phi) is 5.27. The molecular weight excluding hydrogens is 340 g/mol. The summed E-state index contributed by atoms with van der Waals surface area (Å²) in [5.74, 6) is -1.41. The van der Waals surface area contributed by atoms with Gasteiger partial charge in [-0.25, -0.2) is 0 Å². The molecule has 0 spiro atoms. The van der Waals surface area contributed by atoms with Crippen LogP contribution in [0, 0.1) is 11.3 Å². The van der Waals surface area contributed by atoms with E-state index in [0.717, 1.165) is 10.6 Å². The molecule has 26 heavy (non-hydrogen) atoms. The summed E-state index contributed by atoms with van der Waals surface area (Å²) in [5.41, 5.74) is 0.825. The smallest absolute Gasteiger partial charge is 0.303 e. The molecule has 8 nitrogen and oxygen atoms in total. The first-order valence-electron chi connectivity index (χ1n) is 8.38. The minimum atomic E-state index is -1.07. The second-order valence-corrected chi connectivity index (χ2v) is 6.80. The quantitative estimate of drug-likeness (QED) is 0.622. The van der Waals surface area contributed by atoms with Crippen molar-refractivity contribution in [1.29, 1.82) is 5.26 Å². The molecule has 1 N–H and O–H groups in total. The first kappa shape index (κ1) is 18.8. The summed E-state index contributed by atoms with van der Waals surface area (Å²) in [6.07, 6.45) is -3.22. The van der Waals surface area contributed by atoms with Gasteiger partial charge in [0.2, 0.25) is 0 Å². The fourth-order valence-corrected chi connectivity index (χ4v) is 3.26. The van der Waals surface area contributed by atoms with Gasteiger partial charge >= 0.3 is 5.97 Å². The molecule has 5 atom stereocenters. The minimum absolute atomic E-state index is 0.119. The standard InChI is InChI=1S/C18H22N2O6/c1-11(21)23-15-14(24-17-16(15)25-18(2,3)26-17)13(9-19)20(22)10-12-7-5-4-6-8-12/h4-8,13-17,22H,10H2,1-3H3/t13-,14-,15+,16-,17-/m1/s1. The molecule has 0 unspecified atom stereocenters. The molecule has 2 heterocycles. The van der Waals surface area contributed by atoms with E-state index in [1.165, 1.54) is 6.92 Å². The van der Waals surface area contributed by atoms with E-state index >= 15 is 0 Å². The lowest BCUT2D eigenvalue weighted by atomic mass is 10.0. The Hall–Kier alpha value is -2.02. The van der Waals surface area contributed by atoms with Crippen molar-refractivity contribution in [2.45, 2.75) is 63.7 Å². The molecular formula is C18H22N2O6. The highest BCUT2D eigenvalue weighted by atomic mass is 16.8. The predicted molar refractivity (Wildman–Crippen MR) is 87.4 cm³/mol. The number of nitrogens with zero attached hydrogens (tertiary/aromatic N) is 2. The highest BCUT2D eigenvalue weighted by Gasteiger charge is 2.59. The van der Waals surface area contributed by atoms with E-state index in [1.54, 1.807) is 13.8 Å². The molecule has 3 rings (SSSR count).